The van der Waals surface area contributed by atoms with Gasteiger partial charge in [-0.3, -0.25) is 9.59 Å². The quantitative estimate of drug-likeness (QED) is 0.739. The van der Waals surface area contributed by atoms with Gasteiger partial charge in [0.1, 0.15) is 0 Å². The summed E-state index contributed by atoms with van der Waals surface area (Å²) in [6, 6.07) is 17.0. The molecule has 0 aromatic heterocycles. The molecule has 2 aromatic carbocycles. The molecule has 1 saturated heterocycles. The lowest BCUT2D eigenvalue weighted by Crippen LogP contribution is -2.30. The predicted octanol–water partition coefficient (Wildman–Crippen LogP) is 3.93. The van der Waals surface area contributed by atoms with E-state index in [-0.39, 0.29) is 48.8 Å². The third-order valence-corrected chi connectivity index (χ3v) is 5.31. The van der Waals surface area contributed by atoms with E-state index in [1.165, 1.54) is 5.56 Å². The van der Waals surface area contributed by atoms with E-state index in [0.29, 0.717) is 30.2 Å². The van der Waals surface area contributed by atoms with Crippen LogP contribution in [0.5, 0.6) is 0 Å². The van der Waals surface area contributed by atoms with Crippen molar-refractivity contribution in [3.63, 3.8) is 0 Å². The van der Waals surface area contributed by atoms with Gasteiger partial charge in [0.05, 0.1) is 0 Å². The van der Waals surface area contributed by atoms with E-state index < -0.39 is 0 Å². The van der Waals surface area contributed by atoms with Crippen molar-refractivity contribution >= 4 is 35.7 Å². The van der Waals surface area contributed by atoms with Crippen molar-refractivity contribution in [2.75, 3.05) is 19.6 Å². The van der Waals surface area contributed by atoms with Crippen LogP contribution >= 0.6 is 24.0 Å². The zero-order valence-electron chi connectivity index (χ0n) is 15.0. The Labute approximate surface area is 171 Å². The molecule has 0 aliphatic carbocycles. The fraction of sp³-hybridized carbons (Fsp3) is 0.333. The van der Waals surface area contributed by atoms with Gasteiger partial charge in [-0.25, -0.2) is 0 Å². The van der Waals surface area contributed by atoms with Crippen LogP contribution in [0.15, 0.2) is 54.6 Å². The van der Waals surface area contributed by atoms with Gasteiger partial charge in [-0.1, -0.05) is 41.9 Å². The van der Waals surface area contributed by atoms with E-state index in [9.17, 15) is 9.59 Å². The van der Waals surface area contributed by atoms with Crippen LogP contribution in [0, 0.1) is 5.92 Å². The predicted molar refractivity (Wildman–Crippen MR) is 111 cm³/mol. The van der Waals surface area contributed by atoms with Crippen LogP contribution in [-0.4, -0.2) is 36.2 Å². The SMILES string of the molecule is Cl.NC[C@@H]1CN(C(=O)CCC(=O)c2ccc(Cl)cc2)C[C@H]1c1ccccc1. The first-order chi connectivity index (χ1) is 12.6. The number of benzene rings is 2. The first kappa shape index (κ1) is 21.4. The molecule has 0 radical (unpaired) electrons. The standard InChI is InChI=1S/C21H23ClN2O2.ClH/c22-18-8-6-16(7-9-18)20(25)10-11-21(26)24-13-17(12-23)19(14-24)15-4-2-1-3-5-15;/h1-9,17,19H,10-14,23H2;1H/t17-,19+;/m1./s1. The maximum absolute atomic E-state index is 12.6. The largest absolute Gasteiger partial charge is 0.342 e. The molecule has 27 heavy (non-hydrogen) atoms. The van der Waals surface area contributed by atoms with Gasteiger partial charge in [-0.15, -0.1) is 12.4 Å². The van der Waals surface area contributed by atoms with Crippen LogP contribution in [0.2, 0.25) is 5.02 Å². The summed E-state index contributed by atoms with van der Waals surface area (Å²) in [5.74, 6) is 0.499. The fourth-order valence-corrected chi connectivity index (χ4v) is 3.68. The van der Waals surface area contributed by atoms with Crippen molar-refractivity contribution in [2.24, 2.45) is 11.7 Å². The van der Waals surface area contributed by atoms with Crippen molar-refractivity contribution in [1.29, 1.82) is 0 Å². The smallest absolute Gasteiger partial charge is 0.223 e. The normalized spacial score (nSPS) is 18.8. The first-order valence-electron chi connectivity index (χ1n) is 8.90. The van der Waals surface area contributed by atoms with Gasteiger partial charge in [0.25, 0.3) is 0 Å². The van der Waals surface area contributed by atoms with E-state index in [4.69, 9.17) is 17.3 Å². The molecule has 6 heteroatoms. The summed E-state index contributed by atoms with van der Waals surface area (Å²) < 4.78 is 0. The number of hydrogen-bond acceptors (Lipinski definition) is 3. The highest BCUT2D eigenvalue weighted by molar-refractivity contribution is 6.30. The fourth-order valence-electron chi connectivity index (χ4n) is 3.55. The minimum absolute atomic E-state index is 0. The summed E-state index contributed by atoms with van der Waals surface area (Å²) in [4.78, 5) is 26.7. The van der Waals surface area contributed by atoms with Crippen LogP contribution in [-0.2, 0) is 4.79 Å². The molecule has 2 aromatic rings. The van der Waals surface area contributed by atoms with Gasteiger partial charge in [0.2, 0.25) is 5.91 Å². The Morgan fingerprint density at radius 2 is 1.67 bits per heavy atom. The third kappa shape index (κ3) is 5.32. The molecule has 0 bridgehead atoms. The van der Waals surface area contributed by atoms with Crippen LogP contribution in [0.4, 0.5) is 0 Å². The van der Waals surface area contributed by atoms with Gasteiger partial charge in [0, 0.05) is 42.4 Å². The van der Waals surface area contributed by atoms with Crippen molar-refractivity contribution in [1.82, 2.24) is 4.90 Å². The van der Waals surface area contributed by atoms with Gasteiger partial charge >= 0.3 is 0 Å². The number of Topliss-reactive ketones (excluding diaryl/α,β-unsaturated/α-hetero) is 1. The summed E-state index contributed by atoms with van der Waals surface area (Å²) in [5.41, 5.74) is 7.74. The first-order valence-corrected chi connectivity index (χ1v) is 9.28. The maximum atomic E-state index is 12.6. The highest BCUT2D eigenvalue weighted by Gasteiger charge is 2.35. The van der Waals surface area contributed by atoms with Crippen molar-refractivity contribution in [3.05, 3.63) is 70.7 Å². The van der Waals surface area contributed by atoms with Crippen molar-refractivity contribution < 1.29 is 9.59 Å². The third-order valence-electron chi connectivity index (χ3n) is 5.06. The van der Waals surface area contributed by atoms with E-state index in [0.717, 1.165) is 0 Å². The molecular formula is C21H24Cl2N2O2. The second kappa shape index (κ2) is 9.88. The summed E-state index contributed by atoms with van der Waals surface area (Å²) in [6.07, 6.45) is 0.431. The maximum Gasteiger partial charge on any atom is 0.223 e. The summed E-state index contributed by atoms with van der Waals surface area (Å²) in [5, 5.41) is 0.592. The van der Waals surface area contributed by atoms with Gasteiger partial charge in [-0.2, -0.15) is 0 Å². The molecule has 1 fully saturated rings. The minimum Gasteiger partial charge on any atom is -0.342 e. The van der Waals surface area contributed by atoms with Crippen LogP contribution in [0.3, 0.4) is 0 Å². The zero-order chi connectivity index (χ0) is 18.5. The Balaban J connectivity index is 0.00000261. The number of nitrogens with two attached hydrogens (primary N) is 1. The van der Waals surface area contributed by atoms with Crippen LogP contribution in [0.25, 0.3) is 0 Å². The lowest BCUT2D eigenvalue weighted by molar-refractivity contribution is -0.130. The Hall–Kier alpha value is -1.88. The second-order valence-corrected chi connectivity index (χ2v) is 7.18. The number of likely N-dealkylation sites (tertiary alicyclic amines) is 1. The molecule has 0 unspecified atom stereocenters. The molecule has 2 atom stereocenters. The summed E-state index contributed by atoms with van der Waals surface area (Å²) in [7, 11) is 0. The summed E-state index contributed by atoms with van der Waals surface area (Å²) >= 11 is 5.84. The van der Waals surface area contributed by atoms with Crippen molar-refractivity contribution in [3.8, 4) is 0 Å². The van der Waals surface area contributed by atoms with E-state index in [1.807, 2.05) is 23.1 Å². The Bertz CT molecular complexity index is 766. The molecule has 2 N–H and O–H groups in total. The lowest BCUT2D eigenvalue weighted by Gasteiger charge is -2.16. The number of carbonyl (C=O) groups excluding carboxylic acids is 2. The van der Waals surface area contributed by atoms with E-state index in [1.54, 1.807) is 24.3 Å². The zero-order valence-corrected chi connectivity index (χ0v) is 16.6. The summed E-state index contributed by atoms with van der Waals surface area (Å²) in [6.45, 7) is 1.87. The second-order valence-electron chi connectivity index (χ2n) is 6.74. The highest BCUT2D eigenvalue weighted by Crippen LogP contribution is 2.32. The Morgan fingerprint density at radius 3 is 2.30 bits per heavy atom. The molecule has 3 rings (SSSR count). The molecule has 0 saturated carbocycles. The molecule has 1 heterocycles. The molecule has 0 spiro atoms. The highest BCUT2D eigenvalue weighted by atomic mass is 35.5. The molecule has 4 nitrogen and oxygen atoms in total. The Kier molecular flexibility index (Phi) is 7.84. The monoisotopic (exact) mass is 406 g/mol. The van der Waals surface area contributed by atoms with E-state index >= 15 is 0 Å². The van der Waals surface area contributed by atoms with Gasteiger partial charge in [-0.05, 0) is 42.3 Å². The van der Waals surface area contributed by atoms with Crippen molar-refractivity contribution in [2.45, 2.75) is 18.8 Å². The van der Waals surface area contributed by atoms with Crippen LogP contribution < -0.4 is 5.73 Å². The molecular weight excluding hydrogens is 383 g/mol. The molecule has 1 aliphatic heterocycles. The van der Waals surface area contributed by atoms with Gasteiger partial charge < -0.3 is 10.6 Å². The lowest BCUT2D eigenvalue weighted by atomic mass is 9.89. The number of hydrogen-bond donors (Lipinski definition) is 1. The number of carbonyl (C=O) groups is 2. The molecule has 1 aliphatic rings. The number of nitrogens with zero attached hydrogens (tertiary/aromatic N) is 1. The number of halogens is 2. The molecule has 144 valence electrons. The number of rotatable bonds is 6. The molecule has 1 amide bonds. The van der Waals surface area contributed by atoms with Gasteiger partial charge in [0.15, 0.2) is 5.78 Å². The minimum atomic E-state index is -0.0378. The Morgan fingerprint density at radius 1 is 1.00 bits per heavy atom. The number of amides is 1. The number of ketones is 1. The topological polar surface area (TPSA) is 63.4 Å². The average Bonchev–Trinajstić information content (AvgIpc) is 3.11. The van der Waals surface area contributed by atoms with E-state index in [2.05, 4.69) is 12.1 Å². The van der Waals surface area contributed by atoms with Crippen LogP contribution in [0.1, 0.15) is 34.7 Å². The average molecular weight is 407 g/mol.